The number of aromatic nitrogens is 1. The third-order valence-corrected chi connectivity index (χ3v) is 11.2. The molecular formula is C51H45N3O2. The quantitative estimate of drug-likeness (QED) is 0.156. The summed E-state index contributed by atoms with van der Waals surface area (Å²) in [5.41, 5.74) is 10.2. The molecule has 56 heavy (non-hydrogen) atoms. The van der Waals surface area contributed by atoms with E-state index in [0.29, 0.717) is 11.6 Å². The number of benzene rings is 6. The molecule has 0 amide bonds. The van der Waals surface area contributed by atoms with Crippen LogP contribution in [-0.4, -0.2) is 22.5 Å². The number of aryl methyl sites for hydroxylation is 1. The third kappa shape index (κ3) is 6.43. The summed E-state index contributed by atoms with van der Waals surface area (Å²) in [7, 11) is 0. The van der Waals surface area contributed by atoms with E-state index in [9.17, 15) is 0 Å². The maximum Gasteiger partial charge on any atom is 0.217 e. The lowest BCUT2D eigenvalue weighted by atomic mass is 9.74. The van der Waals surface area contributed by atoms with Gasteiger partial charge in [0.1, 0.15) is 29.0 Å². The van der Waals surface area contributed by atoms with Gasteiger partial charge in [0.15, 0.2) is 0 Å². The molecule has 0 fully saturated rings. The molecule has 5 heteroatoms. The van der Waals surface area contributed by atoms with Gasteiger partial charge in [-0.1, -0.05) is 129 Å². The molecule has 0 radical (unpaired) electrons. The maximum absolute atomic E-state index is 6.88. The Kier molecular flexibility index (Phi) is 8.81. The summed E-state index contributed by atoms with van der Waals surface area (Å²) in [6.45, 7) is 11.0. The Bertz CT molecular complexity index is 2470. The van der Waals surface area contributed by atoms with E-state index in [1.807, 2.05) is 18.3 Å². The Labute approximate surface area is 330 Å². The molecule has 9 rings (SSSR count). The Morgan fingerprint density at radius 2 is 1.21 bits per heavy atom. The molecule has 0 spiro atoms. The van der Waals surface area contributed by atoms with Gasteiger partial charge in [-0.3, -0.25) is 4.90 Å². The number of fused-ring (bicyclic) bond motifs is 2. The molecule has 0 unspecified atom stereocenters. The molecular weight excluding hydrogens is 687 g/mol. The SMILES string of the molecule is Cc1cc(Oc2cc(C3=N[C@H](C(c4ccccc4)c4ccccc4)C(C)(C)O3)cc(-c3ccccc3)c2)cc(N2c3ccccc3C(C)(C)c3cccnc32)c1. The van der Waals surface area contributed by atoms with Gasteiger partial charge < -0.3 is 9.47 Å². The molecule has 0 saturated carbocycles. The first-order valence-corrected chi connectivity index (χ1v) is 19.4. The van der Waals surface area contributed by atoms with Crippen LogP contribution in [0.25, 0.3) is 11.1 Å². The number of pyridine rings is 1. The first-order valence-electron chi connectivity index (χ1n) is 19.4. The van der Waals surface area contributed by atoms with Gasteiger partial charge in [0, 0.05) is 34.7 Å². The van der Waals surface area contributed by atoms with Crippen molar-refractivity contribution in [3.05, 3.63) is 203 Å². The highest BCUT2D eigenvalue weighted by Crippen LogP contribution is 2.51. The van der Waals surface area contributed by atoms with Crippen molar-refractivity contribution < 1.29 is 9.47 Å². The number of rotatable bonds is 8. The Morgan fingerprint density at radius 3 is 1.93 bits per heavy atom. The lowest BCUT2D eigenvalue weighted by molar-refractivity contribution is 0.0916. The number of hydrogen-bond acceptors (Lipinski definition) is 5. The fourth-order valence-corrected chi connectivity index (χ4v) is 8.52. The Hall–Kier alpha value is -6.46. The van der Waals surface area contributed by atoms with Crippen molar-refractivity contribution in [2.24, 2.45) is 4.99 Å². The van der Waals surface area contributed by atoms with Crippen molar-refractivity contribution in [1.29, 1.82) is 0 Å². The largest absolute Gasteiger partial charge is 0.469 e. The molecule has 1 atom stereocenters. The second kappa shape index (κ2) is 14.0. The van der Waals surface area contributed by atoms with Crippen LogP contribution in [0, 0.1) is 6.92 Å². The molecule has 0 saturated heterocycles. The number of nitrogens with zero attached hydrogens (tertiary/aromatic N) is 3. The lowest BCUT2D eigenvalue weighted by Gasteiger charge is -2.41. The van der Waals surface area contributed by atoms with E-state index >= 15 is 0 Å². The summed E-state index contributed by atoms with van der Waals surface area (Å²) < 4.78 is 13.7. The van der Waals surface area contributed by atoms with Crippen LogP contribution in [0.1, 0.15) is 67.0 Å². The van der Waals surface area contributed by atoms with Crippen LogP contribution < -0.4 is 9.64 Å². The molecule has 276 valence electrons. The summed E-state index contributed by atoms with van der Waals surface area (Å²) >= 11 is 0. The summed E-state index contributed by atoms with van der Waals surface area (Å²) in [6, 6.07) is 57.1. The highest BCUT2D eigenvalue weighted by Gasteiger charge is 2.45. The number of hydrogen-bond donors (Lipinski definition) is 0. The van der Waals surface area contributed by atoms with Crippen LogP contribution in [-0.2, 0) is 10.2 Å². The van der Waals surface area contributed by atoms with Gasteiger partial charge in [0.05, 0.1) is 11.4 Å². The van der Waals surface area contributed by atoms with Gasteiger partial charge in [0.2, 0.25) is 5.90 Å². The first-order chi connectivity index (χ1) is 27.2. The highest BCUT2D eigenvalue weighted by atomic mass is 16.5. The number of para-hydroxylation sites is 1. The molecule has 7 aromatic rings. The van der Waals surface area contributed by atoms with Gasteiger partial charge in [-0.15, -0.1) is 0 Å². The zero-order valence-corrected chi connectivity index (χ0v) is 32.5. The average Bonchev–Trinajstić information content (AvgIpc) is 3.53. The van der Waals surface area contributed by atoms with Crippen LogP contribution in [0.4, 0.5) is 17.2 Å². The van der Waals surface area contributed by atoms with Crippen molar-refractivity contribution in [3.8, 4) is 22.6 Å². The second-order valence-electron chi connectivity index (χ2n) is 16.0. The van der Waals surface area contributed by atoms with E-state index in [4.69, 9.17) is 19.5 Å². The highest BCUT2D eigenvalue weighted by molar-refractivity contribution is 5.97. The summed E-state index contributed by atoms with van der Waals surface area (Å²) in [6.07, 6.45) is 1.88. The fourth-order valence-electron chi connectivity index (χ4n) is 8.52. The van der Waals surface area contributed by atoms with Gasteiger partial charge in [-0.05, 0) is 96.6 Å². The van der Waals surface area contributed by atoms with E-state index in [1.165, 1.54) is 22.3 Å². The normalized spacial score (nSPS) is 16.4. The van der Waals surface area contributed by atoms with Crippen molar-refractivity contribution in [2.45, 2.75) is 57.6 Å². The topological polar surface area (TPSA) is 47.0 Å². The maximum atomic E-state index is 6.88. The summed E-state index contributed by atoms with van der Waals surface area (Å²) in [5.74, 6) is 2.98. The first kappa shape index (κ1) is 35.3. The van der Waals surface area contributed by atoms with Crippen LogP contribution in [0.3, 0.4) is 0 Å². The van der Waals surface area contributed by atoms with Crippen molar-refractivity contribution in [1.82, 2.24) is 4.98 Å². The predicted molar refractivity (Wildman–Crippen MR) is 228 cm³/mol. The smallest absolute Gasteiger partial charge is 0.217 e. The fraction of sp³-hybridized carbons (Fsp3) is 0.176. The van der Waals surface area contributed by atoms with E-state index < -0.39 is 5.60 Å². The molecule has 5 nitrogen and oxygen atoms in total. The minimum Gasteiger partial charge on any atom is -0.469 e. The zero-order valence-electron chi connectivity index (χ0n) is 32.5. The average molecular weight is 732 g/mol. The van der Waals surface area contributed by atoms with Crippen LogP contribution in [0.2, 0.25) is 0 Å². The lowest BCUT2D eigenvalue weighted by Crippen LogP contribution is -2.38. The molecule has 0 bridgehead atoms. The summed E-state index contributed by atoms with van der Waals surface area (Å²) in [5, 5.41) is 0. The molecule has 1 aromatic heterocycles. The van der Waals surface area contributed by atoms with E-state index in [0.717, 1.165) is 45.2 Å². The van der Waals surface area contributed by atoms with Crippen molar-refractivity contribution in [3.63, 3.8) is 0 Å². The van der Waals surface area contributed by atoms with Crippen LogP contribution in [0.15, 0.2) is 175 Å². The Balaban J connectivity index is 1.13. The van der Waals surface area contributed by atoms with Crippen molar-refractivity contribution >= 4 is 23.1 Å². The van der Waals surface area contributed by atoms with Gasteiger partial charge in [0.25, 0.3) is 0 Å². The molecule has 0 N–H and O–H groups in total. The number of anilines is 3. The predicted octanol–water partition coefficient (Wildman–Crippen LogP) is 12.7. The van der Waals surface area contributed by atoms with E-state index in [-0.39, 0.29) is 17.4 Å². The molecule has 2 aliphatic rings. The third-order valence-electron chi connectivity index (χ3n) is 11.2. The zero-order chi connectivity index (χ0) is 38.4. The van der Waals surface area contributed by atoms with Gasteiger partial charge in [-0.25, -0.2) is 9.98 Å². The number of ether oxygens (including phenoxy) is 2. The van der Waals surface area contributed by atoms with Crippen molar-refractivity contribution in [2.75, 3.05) is 4.90 Å². The minimum absolute atomic E-state index is 0.00811. The summed E-state index contributed by atoms with van der Waals surface area (Å²) in [4.78, 5) is 12.6. The molecule has 0 aliphatic carbocycles. The monoisotopic (exact) mass is 731 g/mol. The van der Waals surface area contributed by atoms with Gasteiger partial charge in [-0.2, -0.15) is 0 Å². The molecule has 6 aromatic carbocycles. The Morgan fingerprint density at radius 1 is 0.607 bits per heavy atom. The number of aliphatic imine (C=N–C) groups is 1. The van der Waals surface area contributed by atoms with Gasteiger partial charge >= 0.3 is 0 Å². The van der Waals surface area contributed by atoms with Crippen LogP contribution in [0.5, 0.6) is 11.5 Å². The van der Waals surface area contributed by atoms with Crippen LogP contribution >= 0.6 is 0 Å². The van der Waals surface area contributed by atoms with E-state index in [1.54, 1.807) is 0 Å². The minimum atomic E-state index is -0.579. The standard InChI is InChI=1S/C51H45N3O2/c1-34-28-40(54-45-26-16-15-24-43(45)50(2,3)44-25-17-27-52-48(44)54)33-41(29-34)55-42-31-38(35-18-9-6-10-19-35)30-39(32-42)49-53-47(51(4,5)56-49)46(36-20-11-7-12-21-36)37-22-13-8-14-23-37/h6-33,46-47H,1-5H3/t47-/m1/s1. The second-order valence-corrected chi connectivity index (χ2v) is 16.0. The molecule has 3 heterocycles. The van der Waals surface area contributed by atoms with E-state index in [2.05, 4.69) is 191 Å². The molecule has 2 aliphatic heterocycles.